The zero-order valence-electron chi connectivity index (χ0n) is 12.4. The number of nitrogens with one attached hydrogen (secondary N) is 1. The molecule has 0 spiro atoms. The van der Waals surface area contributed by atoms with Crippen molar-refractivity contribution in [1.82, 2.24) is 10.2 Å². The van der Waals surface area contributed by atoms with Crippen molar-refractivity contribution in [2.24, 2.45) is 0 Å². The van der Waals surface area contributed by atoms with E-state index in [2.05, 4.69) is 5.32 Å². The summed E-state index contributed by atoms with van der Waals surface area (Å²) in [6.07, 6.45) is 1.90. The van der Waals surface area contributed by atoms with Crippen LogP contribution in [0.2, 0.25) is 4.34 Å². The van der Waals surface area contributed by atoms with Crippen molar-refractivity contribution in [1.29, 1.82) is 0 Å². The number of nitrogens with zero attached hydrogens (tertiary/aromatic N) is 1. The highest BCUT2D eigenvalue weighted by molar-refractivity contribution is 7.18. The number of carbonyl (C=O) groups excluding carboxylic acids is 3. The highest BCUT2D eigenvalue weighted by atomic mass is 35.5. The molecule has 0 aliphatic carbocycles. The van der Waals surface area contributed by atoms with Gasteiger partial charge in [0.05, 0.1) is 9.21 Å². The van der Waals surface area contributed by atoms with Crippen LogP contribution in [0.15, 0.2) is 12.1 Å². The fourth-order valence-electron chi connectivity index (χ4n) is 2.45. The number of hydrogen-bond acceptors (Lipinski definition) is 4. The first-order valence-electron chi connectivity index (χ1n) is 7.29. The number of hydrogen-bond donors (Lipinski definition) is 1. The Balaban J connectivity index is 1.70. The van der Waals surface area contributed by atoms with Crippen molar-refractivity contribution >= 4 is 40.5 Å². The minimum absolute atomic E-state index is 0.0570. The van der Waals surface area contributed by atoms with Crippen LogP contribution >= 0.6 is 22.9 Å². The van der Waals surface area contributed by atoms with Gasteiger partial charge in [-0.25, -0.2) is 0 Å². The van der Waals surface area contributed by atoms with Crippen LogP contribution in [-0.4, -0.2) is 41.6 Å². The van der Waals surface area contributed by atoms with Crippen LogP contribution in [-0.2, 0) is 9.59 Å². The van der Waals surface area contributed by atoms with Gasteiger partial charge in [-0.15, -0.1) is 11.3 Å². The molecule has 22 heavy (non-hydrogen) atoms. The van der Waals surface area contributed by atoms with Gasteiger partial charge in [-0.1, -0.05) is 11.6 Å². The molecule has 0 bridgehead atoms. The van der Waals surface area contributed by atoms with Gasteiger partial charge in [-0.05, 0) is 25.0 Å². The van der Waals surface area contributed by atoms with E-state index in [-0.39, 0.29) is 36.5 Å². The summed E-state index contributed by atoms with van der Waals surface area (Å²) in [7, 11) is 0. The molecule has 2 amide bonds. The summed E-state index contributed by atoms with van der Waals surface area (Å²) in [6, 6.07) is 3.46. The lowest BCUT2D eigenvalue weighted by atomic mass is 10.0. The fourth-order valence-corrected chi connectivity index (χ4v) is 3.46. The van der Waals surface area contributed by atoms with Gasteiger partial charge in [0.15, 0.2) is 5.78 Å². The third-order valence-corrected chi connectivity index (χ3v) is 5.00. The molecule has 1 fully saturated rings. The third-order valence-electron chi connectivity index (χ3n) is 3.73. The van der Waals surface area contributed by atoms with Crippen molar-refractivity contribution in [3.8, 4) is 0 Å². The molecule has 120 valence electrons. The van der Waals surface area contributed by atoms with Crippen LogP contribution in [0.3, 0.4) is 0 Å². The van der Waals surface area contributed by atoms with Crippen molar-refractivity contribution in [3.63, 3.8) is 0 Å². The van der Waals surface area contributed by atoms with Gasteiger partial charge in [0.1, 0.15) is 0 Å². The number of rotatable bonds is 5. The predicted octanol–water partition coefficient (Wildman–Crippen LogP) is 2.49. The Morgan fingerprint density at radius 2 is 1.95 bits per heavy atom. The van der Waals surface area contributed by atoms with E-state index in [0.717, 1.165) is 12.8 Å². The minimum Gasteiger partial charge on any atom is -0.353 e. The Labute approximate surface area is 138 Å². The second-order valence-corrected chi connectivity index (χ2v) is 7.09. The lowest BCUT2D eigenvalue weighted by molar-refractivity contribution is -0.130. The van der Waals surface area contributed by atoms with Crippen LogP contribution in [0.4, 0.5) is 0 Å². The van der Waals surface area contributed by atoms with Crippen molar-refractivity contribution in [2.45, 2.75) is 38.6 Å². The number of Topliss-reactive ketones (excluding diaryl/α,β-unsaturated/α-hetero) is 1. The number of amides is 2. The predicted molar refractivity (Wildman–Crippen MR) is 86.3 cm³/mol. The minimum atomic E-state index is -0.114. The topological polar surface area (TPSA) is 66.5 Å². The van der Waals surface area contributed by atoms with Crippen molar-refractivity contribution in [2.75, 3.05) is 13.1 Å². The molecule has 1 aliphatic rings. The standard InChI is InChI=1S/C15H19ClN2O3S/c1-10(19)18-8-6-11(7-9-18)17-15(21)5-2-12(20)13-3-4-14(16)22-13/h3-4,11H,2,5-9H2,1H3,(H,17,21). The van der Waals surface area contributed by atoms with E-state index in [9.17, 15) is 14.4 Å². The van der Waals surface area contributed by atoms with Crippen LogP contribution in [0.5, 0.6) is 0 Å². The Morgan fingerprint density at radius 3 is 2.50 bits per heavy atom. The van der Waals surface area contributed by atoms with Crippen LogP contribution in [0.25, 0.3) is 0 Å². The van der Waals surface area contributed by atoms with E-state index in [0.29, 0.717) is 22.3 Å². The first-order chi connectivity index (χ1) is 10.5. The first-order valence-corrected chi connectivity index (χ1v) is 8.48. The molecule has 5 nitrogen and oxygen atoms in total. The summed E-state index contributed by atoms with van der Waals surface area (Å²) in [5.74, 6) is -0.0966. The number of piperidine rings is 1. The highest BCUT2D eigenvalue weighted by Crippen LogP contribution is 2.22. The number of likely N-dealkylation sites (tertiary alicyclic amines) is 1. The van der Waals surface area contributed by atoms with Gasteiger partial charge in [-0.3, -0.25) is 14.4 Å². The zero-order chi connectivity index (χ0) is 16.1. The zero-order valence-corrected chi connectivity index (χ0v) is 14.0. The second kappa shape index (κ2) is 7.74. The molecule has 0 radical (unpaired) electrons. The van der Waals surface area contributed by atoms with Gasteiger partial charge >= 0.3 is 0 Å². The molecule has 1 aromatic heterocycles. The van der Waals surface area contributed by atoms with Gasteiger partial charge in [0, 0.05) is 38.9 Å². The molecule has 0 atom stereocenters. The van der Waals surface area contributed by atoms with Crippen LogP contribution in [0.1, 0.15) is 42.3 Å². The quantitative estimate of drug-likeness (QED) is 0.836. The molecule has 2 rings (SSSR count). The van der Waals surface area contributed by atoms with Gasteiger partial charge < -0.3 is 10.2 Å². The SMILES string of the molecule is CC(=O)N1CCC(NC(=O)CCC(=O)c2ccc(Cl)s2)CC1. The summed E-state index contributed by atoms with van der Waals surface area (Å²) < 4.78 is 0.574. The third kappa shape index (κ3) is 4.81. The molecule has 1 aliphatic heterocycles. The van der Waals surface area contributed by atoms with Crippen LogP contribution in [0, 0.1) is 0 Å². The lowest BCUT2D eigenvalue weighted by Gasteiger charge is -2.31. The smallest absolute Gasteiger partial charge is 0.220 e. The van der Waals surface area contributed by atoms with Gasteiger partial charge in [0.2, 0.25) is 11.8 Å². The molecule has 0 saturated carbocycles. The van der Waals surface area contributed by atoms with E-state index in [1.807, 2.05) is 0 Å². The average Bonchev–Trinajstić information content (AvgIpc) is 2.92. The molecule has 1 N–H and O–H groups in total. The highest BCUT2D eigenvalue weighted by Gasteiger charge is 2.22. The molecule has 2 heterocycles. The first kappa shape index (κ1) is 17.0. The largest absolute Gasteiger partial charge is 0.353 e. The monoisotopic (exact) mass is 342 g/mol. The number of halogens is 1. The second-order valence-electron chi connectivity index (χ2n) is 5.37. The number of ketones is 1. The van der Waals surface area contributed by atoms with Gasteiger partial charge in [-0.2, -0.15) is 0 Å². The summed E-state index contributed by atoms with van der Waals surface area (Å²) in [4.78, 5) is 37.4. The maximum Gasteiger partial charge on any atom is 0.220 e. The van der Waals surface area contributed by atoms with Crippen LogP contribution < -0.4 is 5.32 Å². The summed E-state index contributed by atoms with van der Waals surface area (Å²) in [5, 5.41) is 2.94. The van der Waals surface area contributed by atoms with E-state index in [1.54, 1.807) is 24.0 Å². The number of carbonyl (C=O) groups is 3. The van der Waals surface area contributed by atoms with Crippen molar-refractivity contribution < 1.29 is 14.4 Å². The Hall–Kier alpha value is -1.40. The Kier molecular flexibility index (Phi) is 5.97. The Bertz CT molecular complexity index is 565. The molecular formula is C15H19ClN2O3S. The van der Waals surface area contributed by atoms with E-state index >= 15 is 0 Å². The molecule has 0 unspecified atom stereocenters. The lowest BCUT2D eigenvalue weighted by Crippen LogP contribution is -2.46. The summed E-state index contributed by atoms with van der Waals surface area (Å²) >= 11 is 7.02. The van der Waals surface area contributed by atoms with E-state index < -0.39 is 0 Å². The maximum atomic E-state index is 11.9. The number of thiophene rings is 1. The average molecular weight is 343 g/mol. The Morgan fingerprint density at radius 1 is 1.27 bits per heavy atom. The van der Waals surface area contributed by atoms with Crippen molar-refractivity contribution in [3.05, 3.63) is 21.3 Å². The molecule has 7 heteroatoms. The summed E-state index contributed by atoms with van der Waals surface area (Å²) in [6.45, 7) is 2.90. The van der Waals surface area contributed by atoms with E-state index in [4.69, 9.17) is 11.6 Å². The molecular weight excluding hydrogens is 324 g/mol. The maximum absolute atomic E-state index is 11.9. The summed E-state index contributed by atoms with van der Waals surface area (Å²) in [5.41, 5.74) is 0. The molecule has 0 aromatic carbocycles. The molecule has 1 aromatic rings. The van der Waals surface area contributed by atoms with E-state index in [1.165, 1.54) is 11.3 Å². The fraction of sp³-hybridized carbons (Fsp3) is 0.533. The normalized spacial score (nSPS) is 15.6. The molecule has 1 saturated heterocycles. The van der Waals surface area contributed by atoms with Gasteiger partial charge in [0.25, 0.3) is 0 Å².